The Hall–Kier alpha value is -3.53. The Labute approximate surface area is 221 Å². The lowest BCUT2D eigenvalue weighted by molar-refractivity contribution is -0.384. The molecule has 1 heterocycles. The Morgan fingerprint density at radius 3 is 2.32 bits per heavy atom. The standard InChI is InChI=1S/C27H24BrN3O6/c1-2-36-22-10-15(9-21(28)25(22)37-13-14-3-5-16(6-4-14)31(34)35)12-29-30-26(32)23-17-7-8-18(20-11-19(17)20)24(23)27(30)33/h3-10,12,17-20,23-24H,2,11,13H2,1H3/b29-12-/t17-,18-,19-,20+,23-,24+/m0/s1. The highest BCUT2D eigenvalue weighted by molar-refractivity contribution is 9.10. The largest absolute Gasteiger partial charge is 0.490 e. The van der Waals surface area contributed by atoms with E-state index in [-0.39, 0.29) is 47.8 Å². The van der Waals surface area contributed by atoms with Crippen molar-refractivity contribution in [1.82, 2.24) is 5.01 Å². The van der Waals surface area contributed by atoms with Crippen LogP contribution >= 0.6 is 15.9 Å². The maximum atomic E-state index is 13.2. The highest BCUT2D eigenvalue weighted by Gasteiger charge is 2.67. The Morgan fingerprint density at radius 2 is 1.73 bits per heavy atom. The third kappa shape index (κ3) is 4.03. The van der Waals surface area contributed by atoms with Crippen molar-refractivity contribution in [2.45, 2.75) is 20.0 Å². The van der Waals surface area contributed by atoms with E-state index in [1.54, 1.807) is 24.3 Å². The maximum Gasteiger partial charge on any atom is 0.269 e. The van der Waals surface area contributed by atoms with E-state index >= 15 is 0 Å². The number of halogens is 1. The van der Waals surface area contributed by atoms with Crippen molar-refractivity contribution in [3.63, 3.8) is 0 Å². The number of amides is 2. The normalized spacial score (nSPS) is 29.0. The first-order chi connectivity index (χ1) is 17.9. The first-order valence-electron chi connectivity index (χ1n) is 12.3. The van der Waals surface area contributed by atoms with Crippen LogP contribution in [0.5, 0.6) is 11.5 Å². The minimum Gasteiger partial charge on any atom is -0.490 e. The summed E-state index contributed by atoms with van der Waals surface area (Å²) in [5, 5.41) is 16.2. The summed E-state index contributed by atoms with van der Waals surface area (Å²) in [7, 11) is 0. The smallest absolute Gasteiger partial charge is 0.269 e. The van der Waals surface area contributed by atoms with Crippen LogP contribution in [-0.2, 0) is 16.2 Å². The zero-order valence-electron chi connectivity index (χ0n) is 20.0. The summed E-state index contributed by atoms with van der Waals surface area (Å²) in [4.78, 5) is 36.7. The Morgan fingerprint density at radius 1 is 1.08 bits per heavy atom. The Balaban J connectivity index is 1.19. The summed E-state index contributed by atoms with van der Waals surface area (Å²) < 4.78 is 12.4. The van der Waals surface area contributed by atoms with E-state index in [1.165, 1.54) is 18.3 Å². The van der Waals surface area contributed by atoms with Crippen LogP contribution in [0.1, 0.15) is 24.5 Å². The van der Waals surface area contributed by atoms with Gasteiger partial charge >= 0.3 is 0 Å². The average Bonchev–Trinajstić information content (AvgIpc) is 3.67. The summed E-state index contributed by atoms with van der Waals surface area (Å²) >= 11 is 3.52. The number of ether oxygens (including phenoxy) is 2. The van der Waals surface area contributed by atoms with Crippen LogP contribution in [0, 0.1) is 45.6 Å². The molecule has 2 saturated carbocycles. The van der Waals surface area contributed by atoms with Gasteiger partial charge in [0.2, 0.25) is 0 Å². The molecule has 0 spiro atoms. The van der Waals surface area contributed by atoms with E-state index in [0.717, 1.165) is 17.0 Å². The van der Waals surface area contributed by atoms with Gasteiger partial charge in [0.15, 0.2) is 11.5 Å². The van der Waals surface area contributed by atoms with E-state index in [2.05, 4.69) is 33.2 Å². The number of hydrazone groups is 1. The first-order valence-corrected chi connectivity index (χ1v) is 13.1. The molecular weight excluding hydrogens is 542 g/mol. The molecule has 1 saturated heterocycles. The molecule has 190 valence electrons. The number of nitro benzene ring substituents is 1. The molecule has 0 unspecified atom stereocenters. The van der Waals surface area contributed by atoms with Crippen molar-refractivity contribution in [2.75, 3.05) is 6.61 Å². The van der Waals surface area contributed by atoms with Gasteiger partial charge in [0.25, 0.3) is 17.5 Å². The summed E-state index contributed by atoms with van der Waals surface area (Å²) in [6, 6.07) is 9.65. The van der Waals surface area contributed by atoms with Crippen molar-refractivity contribution in [3.05, 3.63) is 74.3 Å². The molecule has 0 radical (unpaired) electrons. The van der Waals surface area contributed by atoms with Gasteiger partial charge < -0.3 is 9.47 Å². The van der Waals surface area contributed by atoms with Crippen molar-refractivity contribution in [3.8, 4) is 11.5 Å². The fourth-order valence-electron chi connectivity index (χ4n) is 6.11. The molecule has 0 N–H and O–H groups in total. The zero-order chi connectivity index (χ0) is 25.8. The SMILES string of the molecule is CCOc1cc(/C=N\N2C(=O)[C@@H]3[C@H]4C=C[C@@H]([C@@H]5C[C@H]45)[C@@H]3C2=O)cc(Br)c1OCc1ccc([N+](=O)[O-])cc1. The molecule has 4 aliphatic carbocycles. The molecule has 37 heavy (non-hydrogen) atoms. The highest BCUT2D eigenvalue weighted by Crippen LogP contribution is 2.65. The molecule has 2 aromatic carbocycles. The summed E-state index contributed by atoms with van der Waals surface area (Å²) in [5.74, 6) is 1.35. The van der Waals surface area contributed by atoms with Crippen molar-refractivity contribution < 1.29 is 24.0 Å². The fraction of sp³-hybridized carbons (Fsp3) is 0.370. The third-order valence-electron chi connectivity index (χ3n) is 7.82. The zero-order valence-corrected chi connectivity index (χ0v) is 21.5. The number of rotatable bonds is 8. The van der Waals surface area contributed by atoms with Gasteiger partial charge in [0, 0.05) is 12.1 Å². The van der Waals surface area contributed by atoms with Gasteiger partial charge in [-0.2, -0.15) is 10.1 Å². The lowest BCUT2D eigenvalue weighted by Gasteiger charge is -2.37. The predicted octanol–water partition coefficient (Wildman–Crippen LogP) is 4.72. The number of carbonyl (C=O) groups is 2. The third-order valence-corrected chi connectivity index (χ3v) is 8.41. The Kier molecular flexibility index (Phi) is 5.86. The molecule has 1 aliphatic heterocycles. The topological polar surface area (TPSA) is 111 Å². The number of hydrogen-bond donors (Lipinski definition) is 0. The molecule has 7 rings (SSSR count). The van der Waals surface area contributed by atoms with Crippen LogP contribution in [0.2, 0.25) is 0 Å². The number of hydrogen-bond acceptors (Lipinski definition) is 7. The number of nitrogens with zero attached hydrogens (tertiary/aromatic N) is 3. The van der Waals surface area contributed by atoms with E-state index in [9.17, 15) is 19.7 Å². The van der Waals surface area contributed by atoms with Gasteiger partial charge in [-0.05, 0) is 88.3 Å². The minimum atomic E-state index is -0.449. The molecule has 3 fully saturated rings. The van der Waals surface area contributed by atoms with Gasteiger partial charge in [-0.1, -0.05) is 12.2 Å². The monoisotopic (exact) mass is 565 g/mol. The molecule has 2 amide bonds. The molecule has 6 atom stereocenters. The van der Waals surface area contributed by atoms with Crippen LogP contribution in [-0.4, -0.2) is 34.6 Å². The second-order valence-corrected chi connectivity index (χ2v) is 10.7. The highest BCUT2D eigenvalue weighted by atomic mass is 79.9. The number of allylic oxidation sites excluding steroid dienone is 2. The van der Waals surface area contributed by atoms with E-state index in [0.29, 0.717) is 40.0 Å². The Bertz CT molecular complexity index is 1320. The summed E-state index contributed by atoms with van der Waals surface area (Å²) in [6.07, 6.45) is 6.89. The van der Waals surface area contributed by atoms with Crippen LogP contribution in [0.3, 0.4) is 0 Å². The second kappa shape index (κ2) is 9.09. The lowest BCUT2D eigenvalue weighted by atomic mass is 9.63. The lowest BCUT2D eigenvalue weighted by Crippen LogP contribution is -2.40. The molecule has 2 bridgehead atoms. The predicted molar refractivity (Wildman–Crippen MR) is 137 cm³/mol. The molecule has 0 aromatic heterocycles. The van der Waals surface area contributed by atoms with E-state index < -0.39 is 4.92 Å². The molecular formula is C27H24BrN3O6. The van der Waals surface area contributed by atoms with Gasteiger partial charge in [-0.3, -0.25) is 19.7 Å². The quantitative estimate of drug-likeness (QED) is 0.150. The van der Waals surface area contributed by atoms with Crippen LogP contribution < -0.4 is 9.47 Å². The number of imide groups is 1. The van der Waals surface area contributed by atoms with Crippen molar-refractivity contribution >= 4 is 39.6 Å². The molecule has 10 heteroatoms. The number of nitro groups is 1. The van der Waals surface area contributed by atoms with Gasteiger partial charge in [-0.15, -0.1) is 0 Å². The second-order valence-electron chi connectivity index (χ2n) is 9.86. The van der Waals surface area contributed by atoms with Crippen molar-refractivity contribution in [1.29, 1.82) is 0 Å². The number of benzene rings is 2. The van der Waals surface area contributed by atoms with Gasteiger partial charge in [-0.25, -0.2) is 0 Å². The molecule has 9 nitrogen and oxygen atoms in total. The summed E-state index contributed by atoms with van der Waals surface area (Å²) in [5.41, 5.74) is 1.41. The maximum absolute atomic E-state index is 13.2. The minimum absolute atomic E-state index is 0.0125. The van der Waals surface area contributed by atoms with Crippen LogP contribution in [0.15, 0.2) is 58.1 Å². The van der Waals surface area contributed by atoms with E-state index in [1.807, 2.05) is 6.92 Å². The van der Waals surface area contributed by atoms with E-state index in [4.69, 9.17) is 9.47 Å². The molecule has 2 aromatic rings. The summed E-state index contributed by atoms with van der Waals surface area (Å²) in [6.45, 7) is 2.43. The molecule has 5 aliphatic rings. The van der Waals surface area contributed by atoms with Gasteiger partial charge in [0.05, 0.1) is 34.1 Å². The van der Waals surface area contributed by atoms with Gasteiger partial charge in [0.1, 0.15) is 6.61 Å². The van der Waals surface area contributed by atoms with Crippen molar-refractivity contribution in [2.24, 2.45) is 40.6 Å². The first kappa shape index (κ1) is 23.8. The average molecular weight is 566 g/mol. The fourth-order valence-corrected chi connectivity index (χ4v) is 6.69. The van der Waals surface area contributed by atoms with Crippen LogP contribution in [0.25, 0.3) is 0 Å². The number of non-ortho nitro benzene ring substituents is 1. The van der Waals surface area contributed by atoms with Crippen LogP contribution in [0.4, 0.5) is 5.69 Å². The number of carbonyl (C=O) groups excluding carboxylic acids is 2.